The average molecular weight is 443 g/mol. The Hall–Kier alpha value is -2.02. The summed E-state index contributed by atoms with van der Waals surface area (Å²) in [6, 6.07) is 11.0. The maximum Gasteiger partial charge on any atom is 0.246 e. The van der Waals surface area contributed by atoms with Crippen LogP contribution >= 0.6 is 11.3 Å². The number of hydrogen-bond acceptors (Lipinski definition) is 4. The lowest BCUT2D eigenvalue weighted by Crippen LogP contribution is -2.43. The topological polar surface area (TPSA) is 32.8 Å². The van der Waals surface area contributed by atoms with Crippen molar-refractivity contribution >= 4 is 23.3 Å². The van der Waals surface area contributed by atoms with Gasteiger partial charge in [-0.25, -0.2) is 4.39 Å². The third-order valence-corrected chi connectivity index (χ3v) is 7.07. The quantitative estimate of drug-likeness (QED) is 0.550. The van der Waals surface area contributed by atoms with Crippen molar-refractivity contribution in [3.63, 3.8) is 0 Å². The van der Waals surface area contributed by atoms with Crippen molar-refractivity contribution in [2.24, 2.45) is 5.92 Å². The lowest BCUT2D eigenvalue weighted by molar-refractivity contribution is -0.128. The van der Waals surface area contributed by atoms with Gasteiger partial charge in [-0.2, -0.15) is 0 Å². The molecule has 4 rings (SSSR count). The van der Waals surface area contributed by atoms with Crippen LogP contribution in [0.25, 0.3) is 6.08 Å². The molecule has 1 amide bonds. The number of halogens is 1. The van der Waals surface area contributed by atoms with Gasteiger partial charge in [0.15, 0.2) is 0 Å². The fourth-order valence-electron chi connectivity index (χ4n) is 4.44. The van der Waals surface area contributed by atoms with Crippen molar-refractivity contribution < 1.29 is 13.9 Å². The van der Waals surface area contributed by atoms with Crippen molar-refractivity contribution in [1.82, 2.24) is 9.80 Å². The Balaban J connectivity index is 1.32. The fourth-order valence-corrected chi connectivity index (χ4v) is 5.06. The summed E-state index contributed by atoms with van der Waals surface area (Å²) in [6.45, 7) is 4.76. The van der Waals surface area contributed by atoms with E-state index in [-0.39, 0.29) is 17.8 Å². The minimum atomic E-state index is -0.129. The molecule has 2 fully saturated rings. The smallest absolute Gasteiger partial charge is 0.246 e. The molecule has 0 aliphatic carbocycles. The SMILES string of the molecule is O=C(C=Cc1cccs1)N(CC1CCN(Cc2ccccc2F)CC1)CC1CCCO1. The number of carbonyl (C=O) groups is 1. The summed E-state index contributed by atoms with van der Waals surface area (Å²) < 4.78 is 19.8. The van der Waals surface area contributed by atoms with E-state index in [1.54, 1.807) is 23.5 Å². The number of piperidine rings is 1. The van der Waals surface area contributed by atoms with E-state index in [1.165, 1.54) is 6.07 Å². The van der Waals surface area contributed by atoms with Gasteiger partial charge >= 0.3 is 0 Å². The zero-order valence-corrected chi connectivity index (χ0v) is 18.7. The lowest BCUT2D eigenvalue weighted by atomic mass is 9.95. The first-order valence-electron chi connectivity index (χ1n) is 11.3. The maximum absolute atomic E-state index is 14.0. The van der Waals surface area contributed by atoms with E-state index in [9.17, 15) is 9.18 Å². The first-order valence-corrected chi connectivity index (χ1v) is 12.1. The zero-order valence-electron chi connectivity index (χ0n) is 17.9. The molecule has 2 aliphatic heterocycles. The molecule has 3 heterocycles. The van der Waals surface area contributed by atoms with Crippen LogP contribution < -0.4 is 0 Å². The molecule has 6 heteroatoms. The molecule has 1 unspecified atom stereocenters. The van der Waals surface area contributed by atoms with Crippen LogP contribution in [0.15, 0.2) is 47.9 Å². The zero-order chi connectivity index (χ0) is 21.5. The molecular formula is C25H31FN2O2S. The minimum absolute atomic E-state index is 0.0673. The molecular weight excluding hydrogens is 411 g/mol. The molecule has 1 aromatic heterocycles. The van der Waals surface area contributed by atoms with Gasteiger partial charge in [-0.05, 0) is 68.3 Å². The molecule has 2 aliphatic rings. The first kappa shape index (κ1) is 22.2. The molecule has 166 valence electrons. The monoisotopic (exact) mass is 442 g/mol. The molecule has 0 spiro atoms. The molecule has 0 N–H and O–H groups in total. The highest BCUT2D eigenvalue weighted by Crippen LogP contribution is 2.23. The molecule has 1 aromatic carbocycles. The number of thiophene rings is 1. The Kier molecular flexibility index (Phi) is 7.89. The lowest BCUT2D eigenvalue weighted by Gasteiger charge is -2.35. The number of nitrogens with zero attached hydrogens (tertiary/aromatic N) is 2. The highest BCUT2D eigenvalue weighted by Gasteiger charge is 2.26. The second-order valence-electron chi connectivity index (χ2n) is 8.54. The number of hydrogen-bond donors (Lipinski definition) is 0. The second-order valence-corrected chi connectivity index (χ2v) is 9.52. The van der Waals surface area contributed by atoms with Crippen LogP contribution in [-0.4, -0.2) is 54.6 Å². The van der Waals surface area contributed by atoms with Gasteiger partial charge in [-0.3, -0.25) is 9.69 Å². The number of rotatable bonds is 8. The van der Waals surface area contributed by atoms with Crippen LogP contribution in [0.5, 0.6) is 0 Å². The average Bonchev–Trinajstić information content (AvgIpc) is 3.49. The summed E-state index contributed by atoms with van der Waals surface area (Å²) in [5, 5.41) is 2.02. The Labute approximate surface area is 188 Å². The third-order valence-electron chi connectivity index (χ3n) is 6.23. The summed E-state index contributed by atoms with van der Waals surface area (Å²) in [4.78, 5) is 18.4. The normalized spacial score (nSPS) is 20.5. The molecule has 0 bridgehead atoms. The number of ether oxygens (including phenoxy) is 1. The largest absolute Gasteiger partial charge is 0.376 e. The molecule has 2 aromatic rings. The van der Waals surface area contributed by atoms with Crippen molar-refractivity contribution in [3.8, 4) is 0 Å². The molecule has 0 radical (unpaired) electrons. The maximum atomic E-state index is 14.0. The number of carbonyl (C=O) groups excluding carboxylic acids is 1. The van der Waals surface area contributed by atoms with E-state index < -0.39 is 0 Å². The Morgan fingerprint density at radius 2 is 2.00 bits per heavy atom. The summed E-state index contributed by atoms with van der Waals surface area (Å²) in [7, 11) is 0. The van der Waals surface area contributed by atoms with Gasteiger partial charge in [0.05, 0.1) is 6.10 Å². The Bertz CT molecular complexity index is 856. The molecule has 1 atom stereocenters. The third kappa shape index (κ3) is 6.48. The number of amides is 1. The summed E-state index contributed by atoms with van der Waals surface area (Å²) in [6.07, 6.45) is 7.92. The second kappa shape index (κ2) is 11.0. The first-order chi connectivity index (χ1) is 15.2. The van der Waals surface area contributed by atoms with Gasteiger partial charge in [0.2, 0.25) is 5.91 Å². The standard InChI is InChI=1S/C25H31FN2O2S/c26-24-8-2-1-5-21(24)18-27-13-11-20(12-14-27)17-28(19-22-6-3-15-30-22)25(29)10-9-23-7-4-16-31-23/h1-2,4-5,7-10,16,20,22H,3,6,11-15,17-19H2. The van der Waals surface area contributed by atoms with Gasteiger partial charge in [0, 0.05) is 42.8 Å². The van der Waals surface area contributed by atoms with Gasteiger partial charge in [-0.1, -0.05) is 24.3 Å². The highest BCUT2D eigenvalue weighted by atomic mass is 32.1. The van der Waals surface area contributed by atoms with Gasteiger partial charge in [0.25, 0.3) is 0 Å². The number of likely N-dealkylation sites (tertiary alicyclic amines) is 1. The van der Waals surface area contributed by atoms with E-state index in [4.69, 9.17) is 4.74 Å². The Morgan fingerprint density at radius 1 is 1.16 bits per heavy atom. The summed E-state index contributed by atoms with van der Waals surface area (Å²) in [5.74, 6) is 0.408. The van der Waals surface area contributed by atoms with E-state index >= 15 is 0 Å². The van der Waals surface area contributed by atoms with Crippen LogP contribution in [-0.2, 0) is 16.1 Å². The van der Waals surface area contributed by atoms with Crippen LogP contribution in [0.2, 0.25) is 0 Å². The van der Waals surface area contributed by atoms with Crippen molar-refractivity contribution in [3.05, 3.63) is 64.1 Å². The number of benzene rings is 1. The van der Waals surface area contributed by atoms with Crippen LogP contribution in [0.1, 0.15) is 36.1 Å². The molecule has 31 heavy (non-hydrogen) atoms. The Morgan fingerprint density at radius 3 is 2.71 bits per heavy atom. The highest BCUT2D eigenvalue weighted by molar-refractivity contribution is 7.10. The van der Waals surface area contributed by atoms with Crippen LogP contribution in [0.3, 0.4) is 0 Å². The van der Waals surface area contributed by atoms with E-state index in [1.807, 2.05) is 40.6 Å². The van der Waals surface area contributed by atoms with Gasteiger partial charge in [-0.15, -0.1) is 11.3 Å². The predicted octanol–water partition coefficient (Wildman–Crippen LogP) is 4.82. The fraction of sp³-hybridized carbons (Fsp3) is 0.480. The van der Waals surface area contributed by atoms with E-state index in [2.05, 4.69) is 4.90 Å². The minimum Gasteiger partial charge on any atom is -0.376 e. The van der Waals surface area contributed by atoms with Crippen molar-refractivity contribution in [1.29, 1.82) is 0 Å². The van der Waals surface area contributed by atoms with E-state index in [0.29, 0.717) is 19.0 Å². The van der Waals surface area contributed by atoms with E-state index in [0.717, 1.165) is 62.4 Å². The van der Waals surface area contributed by atoms with Crippen LogP contribution in [0, 0.1) is 11.7 Å². The molecule has 0 saturated carbocycles. The predicted molar refractivity (Wildman–Crippen MR) is 123 cm³/mol. The van der Waals surface area contributed by atoms with Gasteiger partial charge in [0.1, 0.15) is 5.82 Å². The van der Waals surface area contributed by atoms with Crippen molar-refractivity contribution in [2.45, 2.75) is 38.3 Å². The van der Waals surface area contributed by atoms with Crippen molar-refractivity contribution in [2.75, 3.05) is 32.8 Å². The molecule has 4 nitrogen and oxygen atoms in total. The van der Waals surface area contributed by atoms with Gasteiger partial charge < -0.3 is 9.64 Å². The molecule has 2 saturated heterocycles. The van der Waals surface area contributed by atoms with Crippen LogP contribution in [0.4, 0.5) is 4.39 Å². The summed E-state index contributed by atoms with van der Waals surface area (Å²) in [5.41, 5.74) is 0.759. The summed E-state index contributed by atoms with van der Waals surface area (Å²) >= 11 is 1.63.